The topological polar surface area (TPSA) is 87.5 Å². The summed E-state index contributed by atoms with van der Waals surface area (Å²) in [6.45, 7) is 6.36. The molecule has 2 rings (SSSR count). The zero-order valence-corrected chi connectivity index (χ0v) is 17.7. The standard InChI is InChI=1S/C19H30N4O2.2ClH/c1-14(2)18(20)19(25)22-13-17(24)21-12-16(23-10-6-7-11-23)15-8-4-3-5-9-15;;/h3-5,8-9,14,16,18H,6-7,10-13,20H2,1-2H3,(H,21,24)(H,22,25);2*1H/t16?,18-;;/m0../s1. The van der Waals surface area contributed by atoms with Gasteiger partial charge in [0.1, 0.15) is 0 Å². The maximum Gasteiger partial charge on any atom is 0.239 e. The number of rotatable bonds is 8. The van der Waals surface area contributed by atoms with Crippen molar-refractivity contribution in [3.05, 3.63) is 35.9 Å². The molecule has 1 aromatic carbocycles. The molecule has 2 atom stereocenters. The van der Waals surface area contributed by atoms with Gasteiger partial charge in [0.2, 0.25) is 11.8 Å². The van der Waals surface area contributed by atoms with Crippen molar-refractivity contribution in [3.63, 3.8) is 0 Å². The molecule has 0 aliphatic carbocycles. The van der Waals surface area contributed by atoms with Crippen molar-refractivity contribution in [1.29, 1.82) is 0 Å². The van der Waals surface area contributed by atoms with Gasteiger partial charge in [0.05, 0.1) is 18.6 Å². The summed E-state index contributed by atoms with van der Waals surface area (Å²) < 4.78 is 0. The molecule has 1 saturated heterocycles. The van der Waals surface area contributed by atoms with Gasteiger partial charge in [-0.3, -0.25) is 14.5 Å². The first kappa shape index (κ1) is 25.7. The monoisotopic (exact) mass is 418 g/mol. The second-order valence-electron chi connectivity index (χ2n) is 6.96. The Morgan fingerprint density at radius 3 is 2.22 bits per heavy atom. The molecular weight excluding hydrogens is 387 g/mol. The highest BCUT2D eigenvalue weighted by Gasteiger charge is 2.24. The first-order chi connectivity index (χ1) is 12.0. The quantitative estimate of drug-likeness (QED) is 0.601. The average molecular weight is 419 g/mol. The highest BCUT2D eigenvalue weighted by atomic mass is 35.5. The normalized spacial score (nSPS) is 16.0. The number of likely N-dealkylation sites (tertiary alicyclic amines) is 1. The van der Waals surface area contributed by atoms with Gasteiger partial charge >= 0.3 is 0 Å². The van der Waals surface area contributed by atoms with E-state index in [2.05, 4.69) is 27.7 Å². The van der Waals surface area contributed by atoms with Crippen LogP contribution in [0.4, 0.5) is 0 Å². The second kappa shape index (κ2) is 12.9. The van der Waals surface area contributed by atoms with Crippen molar-refractivity contribution in [2.24, 2.45) is 11.7 Å². The molecule has 1 heterocycles. The van der Waals surface area contributed by atoms with Crippen molar-refractivity contribution in [2.75, 3.05) is 26.2 Å². The summed E-state index contributed by atoms with van der Waals surface area (Å²) in [5, 5.41) is 5.55. The van der Waals surface area contributed by atoms with E-state index in [0.717, 1.165) is 13.1 Å². The number of halogens is 2. The van der Waals surface area contributed by atoms with E-state index in [-0.39, 0.29) is 55.1 Å². The fraction of sp³-hybridized carbons (Fsp3) is 0.579. The first-order valence-corrected chi connectivity index (χ1v) is 9.08. The number of nitrogens with one attached hydrogen (secondary N) is 2. The minimum Gasteiger partial charge on any atom is -0.353 e. The lowest BCUT2D eigenvalue weighted by atomic mass is 10.1. The van der Waals surface area contributed by atoms with Crippen LogP contribution in [0.5, 0.6) is 0 Å². The molecule has 1 fully saturated rings. The van der Waals surface area contributed by atoms with E-state index < -0.39 is 6.04 Å². The molecular formula is C19H32Cl2N4O2. The number of hydrogen-bond donors (Lipinski definition) is 3. The number of amides is 2. The van der Waals surface area contributed by atoms with Gasteiger partial charge in [0.15, 0.2) is 0 Å². The van der Waals surface area contributed by atoms with Gasteiger partial charge in [-0.25, -0.2) is 0 Å². The molecule has 0 spiro atoms. The third-order valence-corrected chi connectivity index (χ3v) is 4.70. The molecule has 0 bridgehead atoms. The van der Waals surface area contributed by atoms with Gasteiger partial charge in [-0.1, -0.05) is 44.2 Å². The van der Waals surface area contributed by atoms with Crippen molar-refractivity contribution < 1.29 is 9.59 Å². The zero-order valence-electron chi connectivity index (χ0n) is 16.0. The van der Waals surface area contributed by atoms with Gasteiger partial charge < -0.3 is 16.4 Å². The van der Waals surface area contributed by atoms with Crippen LogP contribution in [-0.2, 0) is 9.59 Å². The Balaban J connectivity index is 0.00000338. The summed E-state index contributed by atoms with van der Waals surface area (Å²) in [7, 11) is 0. The third-order valence-electron chi connectivity index (χ3n) is 4.70. The number of nitrogens with two attached hydrogens (primary N) is 1. The molecule has 27 heavy (non-hydrogen) atoms. The lowest BCUT2D eigenvalue weighted by Gasteiger charge is -2.28. The van der Waals surface area contributed by atoms with E-state index >= 15 is 0 Å². The Labute approximate surface area is 174 Å². The van der Waals surface area contributed by atoms with E-state index in [0.29, 0.717) is 6.54 Å². The molecule has 0 saturated carbocycles. The van der Waals surface area contributed by atoms with Gasteiger partial charge in [-0.2, -0.15) is 0 Å². The number of nitrogens with zero attached hydrogens (tertiary/aromatic N) is 1. The maximum atomic E-state index is 12.1. The van der Waals surface area contributed by atoms with Crippen LogP contribution in [0.15, 0.2) is 30.3 Å². The Morgan fingerprint density at radius 1 is 1.07 bits per heavy atom. The lowest BCUT2D eigenvalue weighted by molar-refractivity contribution is -0.127. The molecule has 154 valence electrons. The fourth-order valence-electron chi connectivity index (χ4n) is 3.05. The smallest absolute Gasteiger partial charge is 0.239 e. The Kier molecular flexibility index (Phi) is 12.3. The van der Waals surface area contributed by atoms with Crippen LogP contribution in [0.2, 0.25) is 0 Å². The third kappa shape index (κ3) is 8.05. The highest BCUT2D eigenvalue weighted by Crippen LogP contribution is 2.24. The van der Waals surface area contributed by atoms with Crippen molar-refractivity contribution in [3.8, 4) is 0 Å². The van der Waals surface area contributed by atoms with E-state index in [1.54, 1.807) is 0 Å². The molecule has 0 radical (unpaired) electrons. The van der Waals surface area contributed by atoms with Crippen LogP contribution in [-0.4, -0.2) is 48.9 Å². The molecule has 4 N–H and O–H groups in total. The summed E-state index contributed by atoms with van der Waals surface area (Å²) >= 11 is 0. The summed E-state index contributed by atoms with van der Waals surface area (Å²) in [6.07, 6.45) is 2.39. The van der Waals surface area contributed by atoms with Gasteiger partial charge in [0.25, 0.3) is 0 Å². The Hall–Kier alpha value is -1.34. The maximum absolute atomic E-state index is 12.1. The van der Waals surface area contributed by atoms with E-state index in [1.807, 2.05) is 32.0 Å². The van der Waals surface area contributed by atoms with Crippen molar-refractivity contribution in [1.82, 2.24) is 15.5 Å². The predicted molar refractivity (Wildman–Crippen MR) is 113 cm³/mol. The molecule has 8 heteroatoms. The first-order valence-electron chi connectivity index (χ1n) is 9.08. The molecule has 6 nitrogen and oxygen atoms in total. The summed E-state index contributed by atoms with van der Waals surface area (Å²) in [4.78, 5) is 26.3. The molecule has 1 aromatic rings. The van der Waals surface area contributed by atoms with Crippen LogP contribution >= 0.6 is 24.8 Å². The fourth-order valence-corrected chi connectivity index (χ4v) is 3.05. The number of carbonyl (C=O) groups excluding carboxylic acids is 2. The summed E-state index contributed by atoms with van der Waals surface area (Å²) in [5.41, 5.74) is 6.98. The van der Waals surface area contributed by atoms with E-state index in [4.69, 9.17) is 5.73 Å². The van der Waals surface area contributed by atoms with E-state index in [1.165, 1.54) is 18.4 Å². The van der Waals surface area contributed by atoms with E-state index in [9.17, 15) is 9.59 Å². The second-order valence-corrected chi connectivity index (χ2v) is 6.96. The molecule has 1 unspecified atom stereocenters. The molecule has 0 aromatic heterocycles. The van der Waals surface area contributed by atoms with Crippen LogP contribution in [0.1, 0.15) is 38.3 Å². The molecule has 2 amide bonds. The van der Waals surface area contributed by atoms with Crippen LogP contribution in [0.25, 0.3) is 0 Å². The van der Waals surface area contributed by atoms with Gasteiger partial charge in [0, 0.05) is 6.54 Å². The highest BCUT2D eigenvalue weighted by molar-refractivity contribution is 5.87. The minimum atomic E-state index is -0.588. The largest absolute Gasteiger partial charge is 0.353 e. The number of hydrogen-bond acceptors (Lipinski definition) is 4. The molecule has 1 aliphatic rings. The SMILES string of the molecule is CC(C)[C@H](N)C(=O)NCC(=O)NCC(c1ccccc1)N1CCCC1.Cl.Cl. The van der Waals surface area contributed by atoms with Crippen LogP contribution < -0.4 is 16.4 Å². The summed E-state index contributed by atoms with van der Waals surface area (Å²) in [5.74, 6) is -0.436. The zero-order chi connectivity index (χ0) is 18.2. The number of carbonyl (C=O) groups is 2. The Bertz CT molecular complexity index is 566. The predicted octanol–water partition coefficient (Wildman–Crippen LogP) is 1.88. The average Bonchev–Trinajstić information content (AvgIpc) is 3.14. The van der Waals surface area contributed by atoms with Crippen LogP contribution in [0, 0.1) is 5.92 Å². The van der Waals surface area contributed by atoms with Crippen molar-refractivity contribution >= 4 is 36.6 Å². The summed E-state index contributed by atoms with van der Waals surface area (Å²) in [6, 6.07) is 9.81. The van der Waals surface area contributed by atoms with Crippen molar-refractivity contribution in [2.45, 2.75) is 38.8 Å². The van der Waals surface area contributed by atoms with Gasteiger partial charge in [-0.15, -0.1) is 24.8 Å². The van der Waals surface area contributed by atoms with Crippen LogP contribution in [0.3, 0.4) is 0 Å². The minimum absolute atomic E-state index is 0. The number of benzene rings is 1. The lowest BCUT2D eigenvalue weighted by Crippen LogP contribution is -2.48. The Morgan fingerprint density at radius 2 is 1.67 bits per heavy atom. The van der Waals surface area contributed by atoms with Gasteiger partial charge in [-0.05, 0) is 37.4 Å². The molecule has 1 aliphatic heterocycles.